The van der Waals surface area contributed by atoms with E-state index in [9.17, 15) is 4.79 Å². The van der Waals surface area contributed by atoms with Crippen molar-refractivity contribution in [2.45, 2.75) is 39.2 Å². The largest absolute Gasteiger partial charge is 0.497 e. The second-order valence-electron chi connectivity index (χ2n) is 9.41. The van der Waals surface area contributed by atoms with Crippen LogP contribution in [0.2, 0.25) is 0 Å². The fraction of sp³-hybridized carbons (Fsp3) is 0.536. The predicted octanol–water partition coefficient (Wildman–Crippen LogP) is 4.68. The Hall–Kier alpha value is -2.37. The molecule has 2 aromatic rings. The van der Waals surface area contributed by atoms with E-state index in [1.54, 1.807) is 7.11 Å². The van der Waals surface area contributed by atoms with Crippen LogP contribution in [0.5, 0.6) is 5.75 Å². The average molecular weight is 450 g/mol. The maximum Gasteiger partial charge on any atom is 0.253 e. The number of hydrogen-bond acceptors (Lipinski definition) is 4. The molecule has 0 N–H and O–H groups in total. The van der Waals surface area contributed by atoms with Crippen LogP contribution in [0.15, 0.2) is 48.5 Å². The lowest BCUT2D eigenvalue weighted by molar-refractivity contribution is 0.0773. The van der Waals surface area contributed by atoms with Crippen molar-refractivity contribution < 1.29 is 9.53 Å². The van der Waals surface area contributed by atoms with Gasteiger partial charge in [-0.05, 0) is 81.0 Å². The smallest absolute Gasteiger partial charge is 0.253 e. The Kier molecular flexibility index (Phi) is 8.05. The van der Waals surface area contributed by atoms with Crippen molar-refractivity contribution in [3.63, 3.8) is 0 Å². The molecule has 1 aliphatic heterocycles. The Bertz CT molecular complexity index is 906. The van der Waals surface area contributed by atoms with Gasteiger partial charge in [-0.2, -0.15) is 0 Å². The second-order valence-corrected chi connectivity index (χ2v) is 9.41. The SMILES string of the molecule is CCN(CC)C(=O)c1ccc(C(c2cccc(OC)c2)N2CCCN(CC3CC3)CC2)cc1. The number of nitrogens with zero attached hydrogens (tertiary/aromatic N) is 3. The number of carbonyl (C=O) groups excluding carboxylic acids is 1. The molecule has 2 aromatic carbocycles. The highest BCUT2D eigenvalue weighted by molar-refractivity contribution is 5.94. The fourth-order valence-corrected chi connectivity index (χ4v) is 5.02. The van der Waals surface area contributed by atoms with Gasteiger partial charge >= 0.3 is 0 Å². The van der Waals surface area contributed by atoms with Gasteiger partial charge in [-0.15, -0.1) is 0 Å². The minimum absolute atomic E-state index is 0.106. The Labute approximate surface area is 199 Å². The van der Waals surface area contributed by atoms with E-state index in [1.807, 2.05) is 36.9 Å². The molecule has 1 amide bonds. The van der Waals surface area contributed by atoms with Crippen LogP contribution < -0.4 is 4.74 Å². The molecule has 1 unspecified atom stereocenters. The van der Waals surface area contributed by atoms with Crippen LogP contribution >= 0.6 is 0 Å². The predicted molar refractivity (Wildman–Crippen MR) is 134 cm³/mol. The first-order valence-electron chi connectivity index (χ1n) is 12.6. The van der Waals surface area contributed by atoms with Gasteiger partial charge < -0.3 is 14.5 Å². The summed E-state index contributed by atoms with van der Waals surface area (Å²) in [6.07, 6.45) is 4.00. The molecule has 33 heavy (non-hydrogen) atoms. The second kappa shape index (κ2) is 11.2. The van der Waals surface area contributed by atoms with Crippen molar-refractivity contribution in [1.29, 1.82) is 0 Å². The Balaban J connectivity index is 1.59. The quantitative estimate of drug-likeness (QED) is 0.557. The molecule has 0 radical (unpaired) electrons. The van der Waals surface area contributed by atoms with Crippen molar-refractivity contribution in [3.05, 3.63) is 65.2 Å². The van der Waals surface area contributed by atoms with E-state index in [-0.39, 0.29) is 11.9 Å². The van der Waals surface area contributed by atoms with Gasteiger partial charge in [-0.25, -0.2) is 0 Å². The molecule has 1 heterocycles. The summed E-state index contributed by atoms with van der Waals surface area (Å²) in [5.41, 5.74) is 3.24. The zero-order valence-corrected chi connectivity index (χ0v) is 20.5. The number of carbonyl (C=O) groups is 1. The van der Waals surface area contributed by atoms with Crippen molar-refractivity contribution in [3.8, 4) is 5.75 Å². The molecule has 1 saturated heterocycles. The molecule has 1 aliphatic carbocycles. The van der Waals surface area contributed by atoms with Crippen LogP contribution in [0.3, 0.4) is 0 Å². The Morgan fingerprint density at radius 3 is 2.42 bits per heavy atom. The van der Waals surface area contributed by atoms with Gasteiger partial charge in [0, 0.05) is 44.8 Å². The van der Waals surface area contributed by atoms with Gasteiger partial charge in [0.2, 0.25) is 0 Å². The number of methoxy groups -OCH3 is 1. The summed E-state index contributed by atoms with van der Waals surface area (Å²) in [5, 5.41) is 0. The summed E-state index contributed by atoms with van der Waals surface area (Å²) in [7, 11) is 1.73. The maximum atomic E-state index is 12.8. The summed E-state index contributed by atoms with van der Waals surface area (Å²) in [6.45, 7) is 11.2. The molecule has 0 spiro atoms. The molecule has 5 nitrogen and oxygen atoms in total. The summed E-state index contributed by atoms with van der Waals surface area (Å²) in [4.78, 5) is 20.0. The first-order valence-corrected chi connectivity index (χ1v) is 12.6. The van der Waals surface area contributed by atoms with Gasteiger partial charge in [0.1, 0.15) is 5.75 Å². The van der Waals surface area contributed by atoms with Crippen LogP contribution in [-0.2, 0) is 0 Å². The molecule has 2 aliphatic rings. The molecular weight excluding hydrogens is 410 g/mol. The zero-order chi connectivity index (χ0) is 23.2. The molecule has 4 rings (SSSR count). The van der Waals surface area contributed by atoms with E-state index >= 15 is 0 Å². The lowest BCUT2D eigenvalue weighted by atomic mass is 9.95. The minimum Gasteiger partial charge on any atom is -0.497 e. The molecule has 1 atom stereocenters. The molecular formula is C28H39N3O2. The Morgan fingerprint density at radius 1 is 1.00 bits per heavy atom. The van der Waals surface area contributed by atoms with Gasteiger partial charge in [0.05, 0.1) is 13.2 Å². The van der Waals surface area contributed by atoms with Crippen LogP contribution in [0.1, 0.15) is 60.6 Å². The number of amides is 1. The minimum atomic E-state index is 0.106. The highest BCUT2D eigenvalue weighted by Crippen LogP contribution is 2.33. The van der Waals surface area contributed by atoms with Crippen LogP contribution in [0, 0.1) is 5.92 Å². The van der Waals surface area contributed by atoms with E-state index in [4.69, 9.17) is 4.74 Å². The van der Waals surface area contributed by atoms with E-state index < -0.39 is 0 Å². The third kappa shape index (κ3) is 5.96. The summed E-state index contributed by atoms with van der Waals surface area (Å²) < 4.78 is 5.55. The van der Waals surface area contributed by atoms with E-state index in [0.29, 0.717) is 0 Å². The van der Waals surface area contributed by atoms with Crippen molar-refractivity contribution in [2.24, 2.45) is 5.92 Å². The normalized spacial score (nSPS) is 18.5. The third-order valence-corrected chi connectivity index (χ3v) is 7.14. The maximum absolute atomic E-state index is 12.8. The standard InChI is InChI=1S/C28H39N3O2/c1-4-30(5-2)28(32)24-14-12-23(13-15-24)27(25-8-6-9-26(20-25)33-3)31-17-7-16-29(18-19-31)21-22-10-11-22/h6,8-9,12-15,20,22,27H,4-5,7,10-11,16-19,21H2,1-3H3. The molecule has 0 bridgehead atoms. The molecule has 5 heteroatoms. The zero-order valence-electron chi connectivity index (χ0n) is 20.5. The van der Waals surface area contributed by atoms with E-state index in [1.165, 1.54) is 43.5 Å². The van der Waals surface area contributed by atoms with Crippen molar-refractivity contribution in [1.82, 2.24) is 14.7 Å². The lowest BCUT2D eigenvalue weighted by Crippen LogP contribution is -2.35. The molecule has 2 fully saturated rings. The van der Waals surface area contributed by atoms with Crippen LogP contribution in [-0.4, -0.2) is 73.5 Å². The highest BCUT2D eigenvalue weighted by Gasteiger charge is 2.29. The highest BCUT2D eigenvalue weighted by atomic mass is 16.5. The van der Waals surface area contributed by atoms with Gasteiger partial charge in [-0.1, -0.05) is 24.3 Å². The number of ether oxygens (including phenoxy) is 1. The van der Waals surface area contributed by atoms with E-state index in [2.05, 4.69) is 40.1 Å². The first-order chi connectivity index (χ1) is 16.1. The first kappa shape index (κ1) is 23.8. The summed E-state index contributed by atoms with van der Waals surface area (Å²) in [5.74, 6) is 1.92. The molecule has 1 saturated carbocycles. The van der Waals surface area contributed by atoms with Crippen molar-refractivity contribution in [2.75, 3.05) is 52.9 Å². The van der Waals surface area contributed by atoms with Crippen molar-refractivity contribution >= 4 is 5.91 Å². The monoisotopic (exact) mass is 449 g/mol. The van der Waals surface area contributed by atoms with Crippen LogP contribution in [0.25, 0.3) is 0 Å². The summed E-state index contributed by atoms with van der Waals surface area (Å²) >= 11 is 0. The summed E-state index contributed by atoms with van der Waals surface area (Å²) in [6, 6.07) is 16.9. The Morgan fingerprint density at radius 2 is 1.76 bits per heavy atom. The number of hydrogen-bond donors (Lipinski definition) is 0. The fourth-order valence-electron chi connectivity index (χ4n) is 5.02. The number of rotatable bonds is 9. The average Bonchev–Trinajstić information content (AvgIpc) is 3.69. The van der Waals surface area contributed by atoms with Crippen LogP contribution in [0.4, 0.5) is 0 Å². The van der Waals surface area contributed by atoms with Gasteiger partial charge in [0.25, 0.3) is 5.91 Å². The lowest BCUT2D eigenvalue weighted by Gasteiger charge is -2.32. The number of benzene rings is 2. The molecule has 178 valence electrons. The van der Waals surface area contributed by atoms with E-state index in [0.717, 1.165) is 50.0 Å². The third-order valence-electron chi connectivity index (χ3n) is 7.14. The van der Waals surface area contributed by atoms with Gasteiger partial charge in [-0.3, -0.25) is 9.69 Å². The topological polar surface area (TPSA) is 36.0 Å². The van der Waals surface area contributed by atoms with Gasteiger partial charge in [0.15, 0.2) is 0 Å². The molecule has 0 aromatic heterocycles.